The molecule has 1 N–H and O–H groups in total. The molecule has 26 heavy (non-hydrogen) atoms. The molecule has 0 fully saturated rings. The first kappa shape index (κ1) is 16.1. The van der Waals surface area contributed by atoms with Gasteiger partial charge >= 0.3 is 0 Å². The standard InChI is InChI=1S/C21H18N4O/c22-14-16-8-4-5-9-17(16)21(26)25-12-10-18-19(11-13-25)23-24-20(18)15-6-2-1-3-7-15/h1-9H,10-13H2,(H,23,24). The van der Waals surface area contributed by atoms with E-state index in [1.807, 2.05) is 35.2 Å². The van der Waals surface area contributed by atoms with Gasteiger partial charge in [0, 0.05) is 36.3 Å². The van der Waals surface area contributed by atoms with Gasteiger partial charge in [0.15, 0.2) is 0 Å². The van der Waals surface area contributed by atoms with Gasteiger partial charge in [-0.1, -0.05) is 42.5 Å². The number of amides is 1. The van der Waals surface area contributed by atoms with Crippen molar-refractivity contribution in [2.75, 3.05) is 13.1 Å². The fourth-order valence-corrected chi connectivity index (χ4v) is 3.46. The van der Waals surface area contributed by atoms with Gasteiger partial charge in [-0.2, -0.15) is 10.4 Å². The molecule has 4 rings (SSSR count). The van der Waals surface area contributed by atoms with Crippen LogP contribution in [-0.4, -0.2) is 34.1 Å². The third-order valence-electron chi connectivity index (χ3n) is 4.83. The van der Waals surface area contributed by atoms with Crippen LogP contribution in [0.4, 0.5) is 0 Å². The van der Waals surface area contributed by atoms with Crippen LogP contribution in [0.5, 0.6) is 0 Å². The first-order valence-electron chi connectivity index (χ1n) is 8.68. The van der Waals surface area contributed by atoms with E-state index >= 15 is 0 Å². The van der Waals surface area contributed by atoms with Gasteiger partial charge in [-0.3, -0.25) is 9.89 Å². The molecule has 3 aromatic rings. The Morgan fingerprint density at radius 2 is 1.77 bits per heavy atom. The van der Waals surface area contributed by atoms with Crippen molar-refractivity contribution < 1.29 is 4.79 Å². The van der Waals surface area contributed by atoms with E-state index in [9.17, 15) is 10.1 Å². The van der Waals surface area contributed by atoms with Crippen LogP contribution in [0.2, 0.25) is 0 Å². The van der Waals surface area contributed by atoms with E-state index < -0.39 is 0 Å². The molecule has 2 heterocycles. The quantitative estimate of drug-likeness (QED) is 0.777. The Morgan fingerprint density at radius 1 is 1.04 bits per heavy atom. The third-order valence-corrected chi connectivity index (χ3v) is 4.83. The average Bonchev–Trinajstić information content (AvgIpc) is 2.99. The highest BCUT2D eigenvalue weighted by Crippen LogP contribution is 2.27. The maximum Gasteiger partial charge on any atom is 0.255 e. The zero-order valence-electron chi connectivity index (χ0n) is 14.3. The monoisotopic (exact) mass is 342 g/mol. The number of carbonyl (C=O) groups excluding carboxylic acids is 1. The predicted octanol–water partition coefficient (Wildman–Crippen LogP) is 3.19. The van der Waals surface area contributed by atoms with Gasteiger partial charge in [0.1, 0.15) is 0 Å². The molecule has 0 aliphatic carbocycles. The number of aromatic amines is 1. The lowest BCUT2D eigenvalue weighted by atomic mass is 10.0. The number of rotatable bonds is 2. The van der Waals surface area contributed by atoms with Gasteiger partial charge in [-0.05, 0) is 18.6 Å². The number of nitrogens with one attached hydrogen (secondary N) is 1. The molecule has 1 aliphatic rings. The maximum absolute atomic E-state index is 12.9. The van der Waals surface area contributed by atoms with Crippen LogP contribution in [0.25, 0.3) is 11.3 Å². The minimum atomic E-state index is -0.0819. The van der Waals surface area contributed by atoms with Gasteiger partial charge in [-0.15, -0.1) is 0 Å². The Morgan fingerprint density at radius 3 is 2.58 bits per heavy atom. The molecule has 5 heteroatoms. The Hall–Kier alpha value is -3.39. The zero-order valence-corrected chi connectivity index (χ0v) is 14.3. The van der Waals surface area contributed by atoms with Crippen molar-refractivity contribution in [1.29, 1.82) is 5.26 Å². The van der Waals surface area contributed by atoms with Gasteiger partial charge in [0.2, 0.25) is 0 Å². The van der Waals surface area contributed by atoms with Crippen molar-refractivity contribution >= 4 is 5.91 Å². The molecule has 0 saturated heterocycles. The fraction of sp³-hybridized carbons (Fsp3) is 0.190. The molecule has 0 saturated carbocycles. The summed E-state index contributed by atoms with van der Waals surface area (Å²) >= 11 is 0. The van der Waals surface area contributed by atoms with E-state index in [0.29, 0.717) is 24.2 Å². The minimum absolute atomic E-state index is 0.0819. The summed E-state index contributed by atoms with van der Waals surface area (Å²) in [6.45, 7) is 1.23. The summed E-state index contributed by atoms with van der Waals surface area (Å²) in [6, 6.07) is 19.2. The number of aromatic nitrogens is 2. The van der Waals surface area contributed by atoms with Crippen LogP contribution >= 0.6 is 0 Å². The predicted molar refractivity (Wildman–Crippen MR) is 98.5 cm³/mol. The molecule has 0 unspecified atom stereocenters. The second-order valence-electron chi connectivity index (χ2n) is 6.34. The lowest BCUT2D eigenvalue weighted by molar-refractivity contribution is 0.0762. The van der Waals surface area contributed by atoms with Crippen LogP contribution in [0, 0.1) is 11.3 Å². The second kappa shape index (κ2) is 6.85. The number of nitriles is 1. The first-order valence-corrected chi connectivity index (χ1v) is 8.68. The van der Waals surface area contributed by atoms with E-state index in [2.05, 4.69) is 16.3 Å². The Balaban J connectivity index is 1.59. The van der Waals surface area contributed by atoms with E-state index in [0.717, 1.165) is 29.8 Å². The van der Waals surface area contributed by atoms with Crippen molar-refractivity contribution in [2.45, 2.75) is 12.8 Å². The minimum Gasteiger partial charge on any atom is -0.338 e. The third kappa shape index (κ3) is 2.86. The van der Waals surface area contributed by atoms with Crippen LogP contribution < -0.4 is 0 Å². The molecule has 1 aromatic heterocycles. The average molecular weight is 342 g/mol. The summed E-state index contributed by atoms with van der Waals surface area (Å²) < 4.78 is 0. The summed E-state index contributed by atoms with van der Waals surface area (Å²) in [7, 11) is 0. The number of hydrogen-bond acceptors (Lipinski definition) is 3. The van der Waals surface area contributed by atoms with Crippen molar-refractivity contribution in [3.63, 3.8) is 0 Å². The molecule has 2 aromatic carbocycles. The summed E-state index contributed by atoms with van der Waals surface area (Å²) in [5, 5.41) is 16.9. The van der Waals surface area contributed by atoms with Crippen molar-refractivity contribution in [1.82, 2.24) is 15.1 Å². The van der Waals surface area contributed by atoms with Crippen LogP contribution in [-0.2, 0) is 12.8 Å². The number of benzene rings is 2. The molecule has 0 spiro atoms. The highest BCUT2D eigenvalue weighted by atomic mass is 16.2. The Bertz CT molecular complexity index is 985. The lowest BCUT2D eigenvalue weighted by Gasteiger charge is -2.21. The summed E-state index contributed by atoms with van der Waals surface area (Å²) in [6.07, 6.45) is 1.48. The first-order chi connectivity index (χ1) is 12.8. The highest BCUT2D eigenvalue weighted by molar-refractivity contribution is 5.96. The highest BCUT2D eigenvalue weighted by Gasteiger charge is 2.24. The molecule has 128 valence electrons. The van der Waals surface area contributed by atoms with Crippen LogP contribution in [0.1, 0.15) is 27.2 Å². The summed E-state index contributed by atoms with van der Waals surface area (Å²) in [5.41, 5.74) is 5.22. The van der Waals surface area contributed by atoms with Crippen molar-refractivity contribution in [2.24, 2.45) is 0 Å². The molecule has 1 amide bonds. The van der Waals surface area contributed by atoms with E-state index in [-0.39, 0.29) is 5.91 Å². The summed E-state index contributed by atoms with van der Waals surface area (Å²) in [5.74, 6) is -0.0819. The fourth-order valence-electron chi connectivity index (χ4n) is 3.46. The van der Waals surface area contributed by atoms with Gasteiger partial charge in [0.25, 0.3) is 5.91 Å². The van der Waals surface area contributed by atoms with Gasteiger partial charge < -0.3 is 4.90 Å². The smallest absolute Gasteiger partial charge is 0.255 e. The molecule has 0 bridgehead atoms. The van der Waals surface area contributed by atoms with Gasteiger partial charge in [0.05, 0.1) is 22.9 Å². The molecular formula is C21H18N4O. The number of fused-ring (bicyclic) bond motifs is 1. The van der Waals surface area contributed by atoms with E-state index in [1.54, 1.807) is 24.3 Å². The van der Waals surface area contributed by atoms with Crippen molar-refractivity contribution in [3.05, 3.63) is 77.0 Å². The number of nitrogens with zero attached hydrogens (tertiary/aromatic N) is 3. The number of hydrogen-bond donors (Lipinski definition) is 1. The van der Waals surface area contributed by atoms with Gasteiger partial charge in [-0.25, -0.2) is 0 Å². The lowest BCUT2D eigenvalue weighted by Crippen LogP contribution is -2.33. The Kier molecular flexibility index (Phi) is 4.24. The molecule has 0 radical (unpaired) electrons. The largest absolute Gasteiger partial charge is 0.338 e. The van der Waals surface area contributed by atoms with E-state index in [4.69, 9.17) is 0 Å². The SMILES string of the molecule is N#Cc1ccccc1C(=O)N1CCc2[nH]nc(-c3ccccc3)c2CC1. The molecular weight excluding hydrogens is 324 g/mol. The molecule has 5 nitrogen and oxygen atoms in total. The molecule has 1 aliphatic heterocycles. The van der Waals surface area contributed by atoms with Crippen LogP contribution in [0.3, 0.4) is 0 Å². The van der Waals surface area contributed by atoms with Crippen molar-refractivity contribution in [3.8, 4) is 17.3 Å². The van der Waals surface area contributed by atoms with E-state index in [1.165, 1.54) is 5.56 Å². The zero-order chi connectivity index (χ0) is 17.9. The maximum atomic E-state index is 12.9. The number of carbonyl (C=O) groups is 1. The van der Waals surface area contributed by atoms with Crippen LogP contribution in [0.15, 0.2) is 54.6 Å². The Labute approximate surface area is 151 Å². The number of H-pyrrole nitrogens is 1. The second-order valence-corrected chi connectivity index (χ2v) is 6.34. The topological polar surface area (TPSA) is 72.8 Å². The normalized spacial score (nSPS) is 13.6. The summed E-state index contributed by atoms with van der Waals surface area (Å²) in [4.78, 5) is 14.7. The molecule has 0 atom stereocenters.